The quantitative estimate of drug-likeness (QED) is 0.879. The van der Waals surface area contributed by atoms with Crippen LogP contribution in [0.2, 0.25) is 5.02 Å². The monoisotopic (exact) mass is 243 g/mol. The van der Waals surface area contributed by atoms with Crippen molar-refractivity contribution in [2.75, 3.05) is 17.3 Å². The number of carbonyl (C=O) groups is 1. The van der Waals surface area contributed by atoms with E-state index in [9.17, 15) is 4.79 Å². The Hall–Kier alpha value is -0.670. The summed E-state index contributed by atoms with van der Waals surface area (Å²) < 4.78 is 0. The van der Waals surface area contributed by atoms with Crippen molar-refractivity contribution >= 4 is 35.0 Å². The molecule has 0 atom stereocenters. The van der Waals surface area contributed by atoms with Crippen molar-refractivity contribution in [3.63, 3.8) is 0 Å². The molecule has 1 rings (SSSR count). The van der Waals surface area contributed by atoms with Crippen LogP contribution in [0.3, 0.4) is 0 Å². The number of hydrogen-bond acceptors (Lipinski definition) is 2. The predicted octanol–water partition coefficient (Wildman–Crippen LogP) is 3.34. The van der Waals surface area contributed by atoms with Gasteiger partial charge in [-0.3, -0.25) is 4.79 Å². The number of halogens is 1. The lowest BCUT2D eigenvalue weighted by Crippen LogP contribution is -2.12. The number of aryl methyl sites for hydroxylation is 1. The van der Waals surface area contributed by atoms with E-state index in [0.29, 0.717) is 11.4 Å². The molecule has 0 aromatic heterocycles. The lowest BCUT2D eigenvalue weighted by Gasteiger charge is -2.08. The first-order valence-electron chi connectivity index (χ1n) is 4.68. The van der Waals surface area contributed by atoms with Crippen LogP contribution in [0.4, 0.5) is 5.69 Å². The summed E-state index contributed by atoms with van der Waals surface area (Å²) in [6.07, 6.45) is 2.52. The third kappa shape index (κ3) is 4.14. The number of hydrogen-bond donors (Lipinski definition) is 1. The van der Waals surface area contributed by atoms with Crippen LogP contribution < -0.4 is 5.32 Å². The van der Waals surface area contributed by atoms with Gasteiger partial charge < -0.3 is 5.32 Å². The Balaban J connectivity index is 2.63. The second-order valence-electron chi connectivity index (χ2n) is 3.25. The molecule has 0 heterocycles. The molecule has 0 spiro atoms. The van der Waals surface area contributed by atoms with Gasteiger partial charge in [-0.1, -0.05) is 17.7 Å². The van der Waals surface area contributed by atoms with Gasteiger partial charge in [-0.2, -0.15) is 11.8 Å². The number of carbonyl (C=O) groups excluding carboxylic acids is 1. The molecule has 0 radical (unpaired) electrons. The molecule has 0 saturated carbocycles. The number of rotatable bonds is 4. The molecule has 2 nitrogen and oxygen atoms in total. The van der Waals surface area contributed by atoms with Gasteiger partial charge in [-0.05, 0) is 30.9 Å². The summed E-state index contributed by atoms with van der Waals surface area (Å²) in [6, 6.07) is 5.48. The van der Waals surface area contributed by atoms with E-state index in [1.165, 1.54) is 0 Å². The first kappa shape index (κ1) is 12.4. The fraction of sp³-hybridized carbons (Fsp3) is 0.364. The van der Waals surface area contributed by atoms with Gasteiger partial charge in [0.25, 0.3) is 0 Å². The highest BCUT2D eigenvalue weighted by Crippen LogP contribution is 2.20. The number of benzene rings is 1. The van der Waals surface area contributed by atoms with Crippen LogP contribution in [0.1, 0.15) is 12.0 Å². The van der Waals surface area contributed by atoms with Crippen LogP contribution in [0.5, 0.6) is 0 Å². The van der Waals surface area contributed by atoms with Gasteiger partial charge >= 0.3 is 0 Å². The topological polar surface area (TPSA) is 29.1 Å². The number of anilines is 1. The molecule has 0 aliphatic carbocycles. The molecule has 0 bridgehead atoms. The number of amides is 1. The molecule has 1 amide bonds. The van der Waals surface area contributed by atoms with E-state index in [-0.39, 0.29) is 5.91 Å². The van der Waals surface area contributed by atoms with Gasteiger partial charge in [0.1, 0.15) is 0 Å². The minimum absolute atomic E-state index is 0.0368. The third-order valence-corrected chi connectivity index (χ3v) is 2.85. The van der Waals surface area contributed by atoms with Crippen molar-refractivity contribution in [3.8, 4) is 0 Å². The molecular formula is C11H14ClNOS. The minimum atomic E-state index is 0.0368. The molecule has 0 aliphatic heterocycles. The summed E-state index contributed by atoms with van der Waals surface area (Å²) >= 11 is 7.51. The van der Waals surface area contributed by atoms with Gasteiger partial charge in [0.2, 0.25) is 5.91 Å². The predicted molar refractivity (Wildman–Crippen MR) is 67.8 cm³/mol. The number of thioether (sulfide) groups is 1. The molecule has 82 valence electrons. The fourth-order valence-corrected chi connectivity index (χ4v) is 1.70. The van der Waals surface area contributed by atoms with Crippen LogP contribution >= 0.6 is 23.4 Å². The summed E-state index contributed by atoms with van der Waals surface area (Å²) in [6.45, 7) is 1.94. The molecule has 1 aromatic rings. The summed E-state index contributed by atoms with van der Waals surface area (Å²) in [5.74, 6) is 0.876. The maximum absolute atomic E-state index is 11.5. The first-order valence-corrected chi connectivity index (χ1v) is 6.45. The lowest BCUT2D eigenvalue weighted by atomic mass is 10.2. The summed E-state index contributed by atoms with van der Waals surface area (Å²) in [7, 11) is 0. The van der Waals surface area contributed by atoms with Gasteiger partial charge in [-0.15, -0.1) is 0 Å². The molecule has 1 aromatic carbocycles. The van der Waals surface area contributed by atoms with E-state index in [2.05, 4.69) is 5.32 Å². The highest BCUT2D eigenvalue weighted by atomic mass is 35.5. The van der Waals surface area contributed by atoms with E-state index < -0.39 is 0 Å². The zero-order valence-electron chi connectivity index (χ0n) is 8.84. The van der Waals surface area contributed by atoms with Gasteiger partial charge in [-0.25, -0.2) is 0 Å². The average molecular weight is 244 g/mol. The zero-order chi connectivity index (χ0) is 11.3. The summed E-state index contributed by atoms with van der Waals surface area (Å²) in [4.78, 5) is 11.5. The second-order valence-corrected chi connectivity index (χ2v) is 4.67. The Morgan fingerprint density at radius 3 is 2.93 bits per heavy atom. The normalized spacial score (nSPS) is 10.1. The number of nitrogens with one attached hydrogen (secondary N) is 1. The van der Waals surface area contributed by atoms with Crippen LogP contribution in [0.15, 0.2) is 18.2 Å². The Morgan fingerprint density at radius 1 is 1.53 bits per heavy atom. The van der Waals surface area contributed by atoms with Crippen LogP contribution in [-0.4, -0.2) is 17.9 Å². The van der Waals surface area contributed by atoms with Crippen LogP contribution in [0, 0.1) is 6.92 Å². The van der Waals surface area contributed by atoms with E-state index in [4.69, 9.17) is 11.6 Å². The van der Waals surface area contributed by atoms with Gasteiger partial charge in [0, 0.05) is 22.9 Å². The maximum Gasteiger partial charge on any atom is 0.225 e. The second kappa shape index (κ2) is 6.03. The average Bonchev–Trinajstić information content (AvgIpc) is 2.20. The van der Waals surface area contributed by atoms with Gasteiger partial charge in [0.15, 0.2) is 0 Å². The van der Waals surface area contributed by atoms with Crippen molar-refractivity contribution in [1.29, 1.82) is 0 Å². The van der Waals surface area contributed by atoms with E-state index >= 15 is 0 Å². The smallest absolute Gasteiger partial charge is 0.225 e. The fourth-order valence-electron chi connectivity index (χ4n) is 1.14. The van der Waals surface area contributed by atoms with Crippen molar-refractivity contribution in [2.24, 2.45) is 0 Å². The third-order valence-electron chi connectivity index (χ3n) is 2.01. The van der Waals surface area contributed by atoms with Crippen LogP contribution in [-0.2, 0) is 4.79 Å². The molecule has 4 heteroatoms. The Morgan fingerprint density at radius 2 is 2.27 bits per heavy atom. The summed E-state index contributed by atoms with van der Waals surface area (Å²) in [5.41, 5.74) is 1.82. The molecule has 0 aliphatic rings. The molecule has 1 N–H and O–H groups in total. The summed E-state index contributed by atoms with van der Waals surface area (Å²) in [5, 5.41) is 3.49. The maximum atomic E-state index is 11.5. The largest absolute Gasteiger partial charge is 0.326 e. The van der Waals surface area contributed by atoms with Crippen molar-refractivity contribution in [2.45, 2.75) is 13.3 Å². The highest BCUT2D eigenvalue weighted by Gasteiger charge is 2.04. The molecule has 0 fully saturated rings. The first-order chi connectivity index (χ1) is 7.13. The standard InChI is InChI=1S/C11H14ClNOS/c1-8-3-4-9(12)7-10(8)13-11(14)5-6-15-2/h3-4,7H,5-6H2,1-2H3,(H,13,14). The zero-order valence-corrected chi connectivity index (χ0v) is 10.4. The SMILES string of the molecule is CSCCC(=O)Nc1cc(Cl)ccc1C. The molecule has 0 unspecified atom stereocenters. The van der Waals surface area contributed by atoms with E-state index in [1.54, 1.807) is 17.8 Å². The molecule has 15 heavy (non-hydrogen) atoms. The van der Waals surface area contributed by atoms with Crippen molar-refractivity contribution in [1.82, 2.24) is 0 Å². The lowest BCUT2D eigenvalue weighted by molar-refractivity contribution is -0.115. The van der Waals surface area contributed by atoms with Crippen molar-refractivity contribution < 1.29 is 4.79 Å². The van der Waals surface area contributed by atoms with E-state index in [1.807, 2.05) is 25.3 Å². The van der Waals surface area contributed by atoms with E-state index in [0.717, 1.165) is 17.0 Å². The molecule has 0 saturated heterocycles. The molecular weight excluding hydrogens is 230 g/mol. The van der Waals surface area contributed by atoms with Gasteiger partial charge in [0.05, 0.1) is 0 Å². The van der Waals surface area contributed by atoms with Crippen molar-refractivity contribution in [3.05, 3.63) is 28.8 Å². The van der Waals surface area contributed by atoms with Crippen LogP contribution in [0.25, 0.3) is 0 Å². The Labute approximate surface area is 99.4 Å². The minimum Gasteiger partial charge on any atom is -0.326 e. The highest BCUT2D eigenvalue weighted by molar-refractivity contribution is 7.98. The Bertz CT molecular complexity index is 354. The Kier molecular flexibility index (Phi) is 4.99.